The van der Waals surface area contributed by atoms with Crippen molar-refractivity contribution >= 4 is 11.9 Å². The van der Waals surface area contributed by atoms with E-state index in [-0.39, 0.29) is 30.2 Å². The highest BCUT2D eigenvalue weighted by atomic mass is 16.4. The van der Waals surface area contributed by atoms with Crippen molar-refractivity contribution in [3.63, 3.8) is 0 Å². The standard InChI is InChI=1S/C31H45NO5/c1-2-3-4-5-6-7-8-9-10-11-12-13-14-15-16-17-18-19-20-21-30(35)32-27(31(36)37)24-26-22-23-28(33)29(34)25-26/h6-7,9-10,12-13,15-16,22-23,25,27,33-34H,2-5,8,11,14,17-21,24H2,1H3,(H,32,35)(H,36,37)/b7-6-,10-9-,13-12-,16-15-/t27-/m0/s1. The van der Waals surface area contributed by atoms with Gasteiger partial charge in [-0.05, 0) is 69.1 Å². The molecule has 1 rings (SSSR count). The molecule has 0 aliphatic carbocycles. The van der Waals surface area contributed by atoms with Gasteiger partial charge in [0, 0.05) is 12.8 Å². The molecular formula is C31H45NO5. The number of rotatable bonds is 20. The van der Waals surface area contributed by atoms with Crippen molar-refractivity contribution < 1.29 is 24.9 Å². The number of carboxylic acid groups (broad SMARTS) is 1. The Morgan fingerprint density at radius 2 is 1.35 bits per heavy atom. The minimum atomic E-state index is -1.14. The number of aromatic hydroxyl groups is 2. The maximum absolute atomic E-state index is 12.2. The normalized spacial score (nSPS) is 12.8. The van der Waals surface area contributed by atoms with Crippen molar-refractivity contribution in [2.75, 3.05) is 0 Å². The van der Waals surface area contributed by atoms with Crippen LogP contribution in [0.2, 0.25) is 0 Å². The summed E-state index contributed by atoms with van der Waals surface area (Å²) >= 11 is 0. The molecule has 0 fully saturated rings. The van der Waals surface area contributed by atoms with Gasteiger partial charge >= 0.3 is 5.97 Å². The van der Waals surface area contributed by atoms with E-state index in [1.54, 1.807) is 0 Å². The molecule has 0 aliphatic rings. The molecule has 0 aromatic heterocycles. The number of unbranched alkanes of at least 4 members (excludes halogenated alkanes) is 6. The number of carbonyl (C=O) groups is 2. The molecule has 0 heterocycles. The van der Waals surface area contributed by atoms with Crippen molar-refractivity contribution in [1.29, 1.82) is 0 Å². The van der Waals surface area contributed by atoms with E-state index in [2.05, 4.69) is 60.8 Å². The van der Waals surface area contributed by atoms with Gasteiger partial charge in [-0.1, -0.05) is 80.9 Å². The quantitative estimate of drug-likeness (QED) is 0.0846. The smallest absolute Gasteiger partial charge is 0.326 e. The number of amides is 1. The summed E-state index contributed by atoms with van der Waals surface area (Å²) in [4.78, 5) is 23.7. The first-order valence-corrected chi connectivity index (χ1v) is 13.6. The average molecular weight is 512 g/mol. The highest BCUT2D eigenvalue weighted by molar-refractivity contribution is 5.83. The van der Waals surface area contributed by atoms with Crippen LogP contribution in [0.15, 0.2) is 66.8 Å². The van der Waals surface area contributed by atoms with E-state index in [1.165, 1.54) is 43.9 Å². The van der Waals surface area contributed by atoms with Crippen LogP contribution in [0.25, 0.3) is 0 Å². The predicted molar refractivity (Wildman–Crippen MR) is 151 cm³/mol. The Balaban J connectivity index is 2.09. The number of hydrogen-bond acceptors (Lipinski definition) is 4. The Hall–Kier alpha value is -3.28. The second kappa shape index (κ2) is 20.9. The Morgan fingerprint density at radius 3 is 1.89 bits per heavy atom. The van der Waals surface area contributed by atoms with Crippen molar-refractivity contribution in [3.8, 4) is 11.5 Å². The maximum atomic E-state index is 12.2. The zero-order chi connectivity index (χ0) is 27.1. The summed E-state index contributed by atoms with van der Waals surface area (Å²) in [5, 5.41) is 30.9. The Bertz CT molecular complexity index is 901. The molecule has 1 aromatic rings. The molecular weight excluding hydrogens is 466 g/mol. The van der Waals surface area contributed by atoms with Gasteiger partial charge in [-0.15, -0.1) is 0 Å². The van der Waals surface area contributed by atoms with Crippen molar-refractivity contribution in [1.82, 2.24) is 5.32 Å². The fourth-order valence-corrected chi connectivity index (χ4v) is 3.68. The van der Waals surface area contributed by atoms with Crippen LogP contribution < -0.4 is 5.32 Å². The molecule has 37 heavy (non-hydrogen) atoms. The van der Waals surface area contributed by atoms with E-state index in [1.807, 2.05) is 0 Å². The van der Waals surface area contributed by atoms with E-state index in [4.69, 9.17) is 0 Å². The summed E-state index contributed by atoms with van der Waals surface area (Å²) in [7, 11) is 0. The molecule has 0 saturated carbocycles. The van der Waals surface area contributed by atoms with E-state index < -0.39 is 12.0 Å². The van der Waals surface area contributed by atoms with Crippen LogP contribution in [0.5, 0.6) is 11.5 Å². The lowest BCUT2D eigenvalue weighted by atomic mass is 10.0. The van der Waals surface area contributed by atoms with Gasteiger partial charge in [-0.25, -0.2) is 4.79 Å². The predicted octanol–water partition coefficient (Wildman–Crippen LogP) is 7.14. The molecule has 0 spiro atoms. The number of benzene rings is 1. The SMILES string of the molecule is CCCCC/C=C\C/C=C\C/C=C\C/C=C\CCCCCC(=O)N[C@@H](Cc1ccc(O)c(O)c1)C(=O)O. The van der Waals surface area contributed by atoms with Gasteiger partial charge in [0.25, 0.3) is 0 Å². The summed E-state index contributed by atoms with van der Waals surface area (Å²) < 4.78 is 0. The fraction of sp³-hybridized carbons (Fsp3) is 0.484. The maximum Gasteiger partial charge on any atom is 0.326 e. The van der Waals surface area contributed by atoms with E-state index in [9.17, 15) is 24.9 Å². The van der Waals surface area contributed by atoms with Gasteiger partial charge in [0.15, 0.2) is 11.5 Å². The van der Waals surface area contributed by atoms with Crippen molar-refractivity contribution in [2.45, 2.75) is 96.4 Å². The molecule has 6 heteroatoms. The lowest BCUT2D eigenvalue weighted by molar-refractivity contribution is -0.141. The van der Waals surface area contributed by atoms with Crippen LogP contribution >= 0.6 is 0 Å². The van der Waals surface area contributed by atoms with E-state index in [0.29, 0.717) is 12.0 Å². The van der Waals surface area contributed by atoms with Gasteiger partial charge in [0.1, 0.15) is 6.04 Å². The Labute approximate surface area is 222 Å². The topological polar surface area (TPSA) is 107 Å². The van der Waals surface area contributed by atoms with Crippen LogP contribution in [-0.4, -0.2) is 33.2 Å². The fourth-order valence-electron chi connectivity index (χ4n) is 3.68. The van der Waals surface area contributed by atoms with E-state index in [0.717, 1.165) is 38.5 Å². The number of phenolic OH excluding ortho intramolecular Hbond substituents is 2. The van der Waals surface area contributed by atoms with Crippen molar-refractivity contribution in [2.24, 2.45) is 0 Å². The number of aliphatic carboxylic acids is 1. The molecule has 0 bridgehead atoms. The number of carboxylic acids is 1. The molecule has 204 valence electrons. The third kappa shape index (κ3) is 16.9. The summed E-state index contributed by atoms with van der Waals surface area (Å²) in [5.41, 5.74) is 0.516. The lowest BCUT2D eigenvalue weighted by Gasteiger charge is -2.15. The molecule has 1 amide bonds. The number of allylic oxidation sites excluding steroid dienone is 8. The van der Waals surface area contributed by atoms with Gasteiger partial charge < -0.3 is 20.6 Å². The molecule has 0 radical (unpaired) electrons. The number of carbonyl (C=O) groups excluding carboxylic acids is 1. The van der Waals surface area contributed by atoms with Gasteiger partial charge in [0.05, 0.1) is 0 Å². The molecule has 0 aliphatic heterocycles. The van der Waals surface area contributed by atoms with Crippen molar-refractivity contribution in [3.05, 3.63) is 72.4 Å². The summed E-state index contributed by atoms with van der Waals surface area (Å²) in [6, 6.07) is 3.03. The highest BCUT2D eigenvalue weighted by Crippen LogP contribution is 2.25. The lowest BCUT2D eigenvalue weighted by Crippen LogP contribution is -2.42. The second-order valence-corrected chi connectivity index (χ2v) is 9.17. The van der Waals surface area contributed by atoms with Gasteiger partial charge in [-0.3, -0.25) is 4.79 Å². The van der Waals surface area contributed by atoms with Crippen LogP contribution in [0, 0.1) is 0 Å². The first-order valence-electron chi connectivity index (χ1n) is 13.6. The van der Waals surface area contributed by atoms with Crippen LogP contribution in [0.3, 0.4) is 0 Å². The molecule has 6 nitrogen and oxygen atoms in total. The molecule has 4 N–H and O–H groups in total. The zero-order valence-electron chi connectivity index (χ0n) is 22.3. The second-order valence-electron chi connectivity index (χ2n) is 9.17. The van der Waals surface area contributed by atoms with Crippen LogP contribution in [-0.2, 0) is 16.0 Å². The number of phenols is 2. The number of nitrogens with one attached hydrogen (secondary N) is 1. The molecule has 1 aromatic carbocycles. The number of hydrogen-bond donors (Lipinski definition) is 4. The Kier molecular flexibility index (Phi) is 17.9. The van der Waals surface area contributed by atoms with Crippen LogP contribution in [0.1, 0.15) is 89.5 Å². The third-order valence-corrected chi connectivity index (χ3v) is 5.85. The first kappa shape index (κ1) is 31.7. The van der Waals surface area contributed by atoms with Gasteiger partial charge in [0.2, 0.25) is 5.91 Å². The minimum absolute atomic E-state index is 0.0287. The Morgan fingerprint density at radius 1 is 0.784 bits per heavy atom. The minimum Gasteiger partial charge on any atom is -0.504 e. The summed E-state index contributed by atoms with van der Waals surface area (Å²) in [6.07, 6.45) is 29.4. The summed E-state index contributed by atoms with van der Waals surface area (Å²) in [6.45, 7) is 2.22. The largest absolute Gasteiger partial charge is 0.504 e. The first-order chi connectivity index (χ1) is 17.9. The monoisotopic (exact) mass is 511 g/mol. The highest BCUT2D eigenvalue weighted by Gasteiger charge is 2.20. The third-order valence-electron chi connectivity index (χ3n) is 5.85. The zero-order valence-corrected chi connectivity index (χ0v) is 22.3. The van der Waals surface area contributed by atoms with Crippen LogP contribution in [0.4, 0.5) is 0 Å². The molecule has 0 saturated heterocycles. The molecule has 0 unspecified atom stereocenters. The van der Waals surface area contributed by atoms with E-state index >= 15 is 0 Å². The van der Waals surface area contributed by atoms with Gasteiger partial charge in [-0.2, -0.15) is 0 Å². The average Bonchev–Trinajstić information content (AvgIpc) is 2.87. The summed E-state index contributed by atoms with van der Waals surface area (Å²) in [5.74, 6) is -2.03. The molecule has 1 atom stereocenters.